The Labute approximate surface area is 360 Å². The van der Waals surface area contributed by atoms with E-state index in [0.29, 0.717) is 34.4 Å². The topological polar surface area (TPSA) is 123 Å². The Hall–Kier alpha value is -8.70. The van der Waals surface area contributed by atoms with Crippen molar-refractivity contribution in [1.29, 1.82) is 0 Å². The second kappa shape index (κ2) is 15.1. The van der Waals surface area contributed by atoms with Gasteiger partial charge in [0, 0.05) is 57.7 Å². The van der Waals surface area contributed by atoms with Crippen molar-refractivity contribution in [3.8, 4) is 57.1 Å². The van der Waals surface area contributed by atoms with Gasteiger partial charge in [-0.3, -0.25) is 29.2 Å². The van der Waals surface area contributed by atoms with E-state index >= 15 is 0 Å². The maximum absolute atomic E-state index is 12.3. The number of nitro benzene ring substituents is 1. The SMILES string of the molecule is Cc1ccnc(-n2c3ccccc3c3ccc(Oc4cccc(-c5cnc(-c6cc(Oc7ccc8c9ccccc9n(-c9cc(C)ccn9)c8c7)ccc6[N+](=O)[O-])cn5)c4)cc32)c1. The fraction of sp³-hybridized carbons (Fsp3) is 0.0385. The van der Waals surface area contributed by atoms with E-state index in [-0.39, 0.29) is 11.3 Å². The standard InChI is InChI=1S/C52H35N7O4/c1-32-20-22-53-51(24-32)57-46-12-5-3-10-39(46)41-17-14-37(28-49(41)57)62-35-9-7-8-34(26-35)44-30-56-45(31-55-44)43-27-36(16-19-48(43)59(60)61)63-38-15-18-42-40-11-4-6-13-47(40)58(50(42)29-38)52-25-33(2)21-23-54-52/h3-31H,1-2H3. The van der Waals surface area contributed by atoms with Gasteiger partial charge in [0.05, 0.1) is 56.3 Å². The highest BCUT2D eigenvalue weighted by Gasteiger charge is 2.20. The van der Waals surface area contributed by atoms with Crippen molar-refractivity contribution in [2.75, 3.05) is 0 Å². The van der Waals surface area contributed by atoms with Crippen molar-refractivity contribution in [3.05, 3.63) is 198 Å². The molecule has 11 rings (SSSR count). The maximum Gasteiger partial charge on any atom is 0.279 e. The Morgan fingerprint density at radius 3 is 1.54 bits per heavy atom. The van der Waals surface area contributed by atoms with Crippen molar-refractivity contribution in [2.24, 2.45) is 0 Å². The first-order valence-corrected chi connectivity index (χ1v) is 20.3. The Morgan fingerprint density at radius 2 is 0.984 bits per heavy atom. The smallest absolute Gasteiger partial charge is 0.279 e. The van der Waals surface area contributed by atoms with Gasteiger partial charge in [0.25, 0.3) is 5.69 Å². The first-order valence-electron chi connectivity index (χ1n) is 20.3. The normalized spacial score (nSPS) is 11.5. The third-order valence-corrected chi connectivity index (χ3v) is 11.2. The lowest BCUT2D eigenvalue weighted by molar-refractivity contribution is -0.384. The van der Waals surface area contributed by atoms with Crippen LogP contribution in [0.4, 0.5) is 5.69 Å². The Balaban J connectivity index is 0.884. The molecule has 0 aliphatic rings. The molecule has 0 spiro atoms. The molecule has 11 aromatic rings. The molecule has 63 heavy (non-hydrogen) atoms. The molecule has 0 radical (unpaired) electrons. The van der Waals surface area contributed by atoms with Crippen LogP contribution in [0.5, 0.6) is 23.0 Å². The fourth-order valence-electron chi connectivity index (χ4n) is 8.36. The molecule has 11 heteroatoms. The van der Waals surface area contributed by atoms with Gasteiger partial charge in [-0.05, 0) is 110 Å². The van der Waals surface area contributed by atoms with Gasteiger partial charge in [-0.25, -0.2) is 9.97 Å². The van der Waals surface area contributed by atoms with E-state index in [1.54, 1.807) is 30.7 Å². The second-order valence-electron chi connectivity index (χ2n) is 15.4. The molecular weight excluding hydrogens is 787 g/mol. The maximum atomic E-state index is 12.3. The van der Waals surface area contributed by atoms with Gasteiger partial charge in [0.2, 0.25) is 0 Å². The summed E-state index contributed by atoms with van der Waals surface area (Å²) in [5, 5.41) is 16.7. The van der Waals surface area contributed by atoms with Crippen LogP contribution in [0.2, 0.25) is 0 Å². The molecule has 0 unspecified atom stereocenters. The number of nitrogens with zero attached hydrogens (tertiary/aromatic N) is 7. The quantitative estimate of drug-likeness (QED) is 0.104. The Kier molecular flexibility index (Phi) is 8.94. The van der Waals surface area contributed by atoms with Gasteiger partial charge < -0.3 is 9.47 Å². The summed E-state index contributed by atoms with van der Waals surface area (Å²) >= 11 is 0. The average molecular weight is 822 g/mol. The van der Waals surface area contributed by atoms with Crippen molar-refractivity contribution in [2.45, 2.75) is 13.8 Å². The number of rotatable bonds is 9. The van der Waals surface area contributed by atoms with Gasteiger partial charge >= 0.3 is 0 Å². The van der Waals surface area contributed by atoms with Crippen LogP contribution < -0.4 is 9.47 Å². The lowest BCUT2D eigenvalue weighted by Crippen LogP contribution is -1.98. The number of nitro groups is 1. The summed E-state index contributed by atoms with van der Waals surface area (Å²) < 4.78 is 17.1. The molecular formula is C52H35N7O4. The van der Waals surface area contributed by atoms with E-state index < -0.39 is 4.92 Å². The number of benzene rings is 6. The lowest BCUT2D eigenvalue weighted by atomic mass is 10.1. The molecule has 0 N–H and O–H groups in total. The predicted octanol–water partition coefficient (Wildman–Crippen LogP) is 12.9. The van der Waals surface area contributed by atoms with Crippen LogP contribution in [0.3, 0.4) is 0 Å². The van der Waals surface area contributed by atoms with Gasteiger partial charge in [0.15, 0.2) is 0 Å². The van der Waals surface area contributed by atoms with Crippen LogP contribution in [0, 0.1) is 24.0 Å². The van der Waals surface area contributed by atoms with Gasteiger partial charge in [-0.1, -0.05) is 48.5 Å². The Morgan fingerprint density at radius 1 is 0.476 bits per heavy atom. The molecule has 11 nitrogen and oxygen atoms in total. The zero-order chi connectivity index (χ0) is 42.6. The highest BCUT2D eigenvalue weighted by molar-refractivity contribution is 6.10. The minimum absolute atomic E-state index is 0.116. The van der Waals surface area contributed by atoms with Gasteiger partial charge in [0.1, 0.15) is 34.6 Å². The largest absolute Gasteiger partial charge is 0.457 e. The summed E-state index contributed by atoms with van der Waals surface area (Å²) in [5.74, 6) is 3.89. The predicted molar refractivity (Wildman–Crippen MR) is 246 cm³/mol. The molecule has 0 saturated heterocycles. The van der Waals surface area contributed by atoms with Crippen LogP contribution in [-0.2, 0) is 0 Å². The number of para-hydroxylation sites is 2. The monoisotopic (exact) mass is 821 g/mol. The summed E-state index contributed by atoms with van der Waals surface area (Å²) in [7, 11) is 0. The summed E-state index contributed by atoms with van der Waals surface area (Å²) in [6.07, 6.45) is 6.78. The number of fused-ring (bicyclic) bond motifs is 6. The van der Waals surface area contributed by atoms with Crippen LogP contribution in [-0.4, -0.2) is 34.0 Å². The highest BCUT2D eigenvalue weighted by Crippen LogP contribution is 2.39. The van der Waals surface area contributed by atoms with E-state index in [2.05, 4.69) is 62.4 Å². The van der Waals surface area contributed by atoms with Crippen LogP contribution in [0.1, 0.15) is 11.1 Å². The number of aromatic nitrogens is 6. The summed E-state index contributed by atoms with van der Waals surface area (Å²) in [6, 6.07) is 48.8. The van der Waals surface area contributed by atoms with Crippen LogP contribution >= 0.6 is 0 Å². The van der Waals surface area contributed by atoms with E-state index in [4.69, 9.17) is 19.4 Å². The van der Waals surface area contributed by atoms with Crippen LogP contribution in [0.15, 0.2) is 176 Å². The molecule has 0 fully saturated rings. The minimum Gasteiger partial charge on any atom is -0.457 e. The molecule has 5 heterocycles. The summed E-state index contributed by atoms with van der Waals surface area (Å²) in [5.41, 5.74) is 8.04. The molecule has 0 bridgehead atoms. The number of ether oxygens (including phenoxy) is 2. The number of hydrogen-bond donors (Lipinski definition) is 0. The molecule has 0 atom stereocenters. The molecule has 5 aromatic heterocycles. The van der Waals surface area contributed by atoms with E-state index in [9.17, 15) is 10.1 Å². The summed E-state index contributed by atoms with van der Waals surface area (Å²) in [4.78, 5) is 30.6. The van der Waals surface area contributed by atoms with Crippen molar-refractivity contribution in [3.63, 3.8) is 0 Å². The number of hydrogen-bond acceptors (Lipinski definition) is 8. The molecule has 302 valence electrons. The van der Waals surface area contributed by atoms with E-state index in [0.717, 1.165) is 71.9 Å². The van der Waals surface area contributed by atoms with Crippen molar-refractivity contribution < 1.29 is 14.4 Å². The molecule has 0 aliphatic carbocycles. The van der Waals surface area contributed by atoms with E-state index in [1.807, 2.05) is 110 Å². The molecule has 0 aliphatic heterocycles. The van der Waals surface area contributed by atoms with Gasteiger partial charge in [-0.15, -0.1) is 0 Å². The lowest BCUT2D eigenvalue weighted by Gasteiger charge is -2.11. The molecule has 0 amide bonds. The minimum atomic E-state index is -0.427. The molecule has 0 saturated carbocycles. The second-order valence-corrected chi connectivity index (χ2v) is 15.4. The summed E-state index contributed by atoms with van der Waals surface area (Å²) in [6.45, 7) is 4.10. The first-order chi connectivity index (χ1) is 30.8. The van der Waals surface area contributed by atoms with Crippen molar-refractivity contribution >= 4 is 49.3 Å². The van der Waals surface area contributed by atoms with Gasteiger partial charge in [-0.2, -0.15) is 0 Å². The first kappa shape index (κ1) is 37.3. The van der Waals surface area contributed by atoms with Crippen LogP contribution in [0.25, 0.3) is 77.8 Å². The third-order valence-electron chi connectivity index (χ3n) is 11.2. The number of pyridine rings is 2. The fourth-order valence-corrected chi connectivity index (χ4v) is 8.36. The average Bonchev–Trinajstić information content (AvgIpc) is 3.81. The van der Waals surface area contributed by atoms with E-state index in [1.165, 1.54) is 6.07 Å². The third kappa shape index (κ3) is 6.74. The highest BCUT2D eigenvalue weighted by atomic mass is 16.6. The van der Waals surface area contributed by atoms with Crippen molar-refractivity contribution in [1.82, 2.24) is 29.1 Å². The zero-order valence-electron chi connectivity index (χ0n) is 34.0. The Bertz CT molecular complexity index is 3600. The molecule has 6 aromatic carbocycles. The zero-order valence-corrected chi connectivity index (χ0v) is 34.0. The number of aryl methyl sites for hydroxylation is 2.